The predicted octanol–water partition coefficient (Wildman–Crippen LogP) is 2.71. The van der Waals surface area contributed by atoms with E-state index in [0.29, 0.717) is 0 Å². The molecule has 2 unspecified atom stereocenters. The van der Waals surface area contributed by atoms with E-state index in [1.165, 1.54) is 37.7 Å². The molecule has 0 aromatic heterocycles. The van der Waals surface area contributed by atoms with Crippen molar-refractivity contribution in [3.05, 3.63) is 11.6 Å². The highest BCUT2D eigenvalue weighted by Gasteiger charge is 2.27. The van der Waals surface area contributed by atoms with Crippen molar-refractivity contribution in [3.8, 4) is 0 Å². The van der Waals surface area contributed by atoms with Crippen LogP contribution in [0.5, 0.6) is 0 Å². The molecule has 0 spiro atoms. The van der Waals surface area contributed by atoms with Crippen LogP contribution in [0.2, 0.25) is 0 Å². The lowest BCUT2D eigenvalue weighted by molar-refractivity contribution is -0.110. The van der Waals surface area contributed by atoms with E-state index >= 15 is 0 Å². The maximum absolute atomic E-state index is 10.8. The molecule has 0 aliphatic heterocycles. The first-order valence-corrected chi connectivity index (χ1v) is 5.07. The van der Waals surface area contributed by atoms with Gasteiger partial charge in [-0.2, -0.15) is 0 Å². The van der Waals surface area contributed by atoms with E-state index in [1.807, 2.05) is 0 Å². The minimum absolute atomic E-state index is 0.282. The molecule has 2 rings (SSSR count). The van der Waals surface area contributed by atoms with E-state index in [2.05, 4.69) is 6.08 Å². The molecule has 1 heteroatoms. The van der Waals surface area contributed by atoms with Gasteiger partial charge in [0.2, 0.25) is 0 Å². The molecule has 0 amide bonds. The molecule has 1 saturated carbocycles. The van der Waals surface area contributed by atoms with Crippen LogP contribution in [0.15, 0.2) is 11.6 Å². The average molecular weight is 164 g/mol. The molecule has 2 atom stereocenters. The second kappa shape index (κ2) is 3.42. The van der Waals surface area contributed by atoms with Gasteiger partial charge in [0.25, 0.3) is 0 Å². The lowest BCUT2D eigenvalue weighted by atomic mass is 9.72. The Morgan fingerprint density at radius 1 is 1.25 bits per heavy atom. The molecule has 1 fully saturated rings. The maximum Gasteiger partial charge on any atom is 0.127 e. The van der Waals surface area contributed by atoms with Crippen molar-refractivity contribution in [1.29, 1.82) is 0 Å². The van der Waals surface area contributed by atoms with Gasteiger partial charge in [-0.1, -0.05) is 18.1 Å². The number of hydrogen-bond acceptors (Lipinski definition) is 1. The minimum atomic E-state index is 0.282. The number of carbonyl (C=O) groups is 1. The van der Waals surface area contributed by atoms with Crippen LogP contribution in [-0.4, -0.2) is 6.29 Å². The Kier molecular flexibility index (Phi) is 2.29. The fraction of sp³-hybridized carbons (Fsp3) is 0.727. The molecule has 0 saturated heterocycles. The molecule has 66 valence electrons. The van der Waals surface area contributed by atoms with Crippen LogP contribution in [0.4, 0.5) is 0 Å². The first kappa shape index (κ1) is 8.03. The molecular weight excluding hydrogens is 148 g/mol. The third kappa shape index (κ3) is 1.33. The highest BCUT2D eigenvalue weighted by atomic mass is 16.1. The second-order valence-corrected chi connectivity index (χ2v) is 4.01. The summed E-state index contributed by atoms with van der Waals surface area (Å²) in [5, 5.41) is 0. The van der Waals surface area contributed by atoms with Gasteiger partial charge in [-0.3, -0.25) is 0 Å². The number of fused-ring (bicyclic) bond motifs is 1. The van der Waals surface area contributed by atoms with E-state index in [0.717, 1.165) is 18.6 Å². The van der Waals surface area contributed by atoms with Crippen molar-refractivity contribution < 1.29 is 4.79 Å². The smallest absolute Gasteiger partial charge is 0.127 e. The Morgan fingerprint density at radius 3 is 2.92 bits per heavy atom. The Morgan fingerprint density at radius 2 is 2.08 bits per heavy atom. The summed E-state index contributed by atoms with van der Waals surface area (Å²) in [7, 11) is 0. The van der Waals surface area contributed by atoms with Crippen LogP contribution in [0.3, 0.4) is 0 Å². The molecule has 0 N–H and O–H groups in total. The number of hydrogen-bond donors (Lipinski definition) is 0. The number of carbonyl (C=O) groups excluding carboxylic acids is 1. The van der Waals surface area contributed by atoms with Crippen LogP contribution >= 0.6 is 0 Å². The Hall–Kier alpha value is -0.590. The molecule has 0 aromatic rings. The summed E-state index contributed by atoms with van der Waals surface area (Å²) in [5.74, 6) is 1.05. The van der Waals surface area contributed by atoms with E-state index < -0.39 is 0 Å². The standard InChI is InChI=1S/C11H16O/c12-8-10-6-3-5-9-4-1-2-7-11(9)10/h7-10H,1-6H2. The van der Waals surface area contributed by atoms with Crippen molar-refractivity contribution in [2.24, 2.45) is 11.8 Å². The van der Waals surface area contributed by atoms with Gasteiger partial charge in [0.15, 0.2) is 0 Å². The first-order valence-electron chi connectivity index (χ1n) is 5.07. The van der Waals surface area contributed by atoms with Crippen molar-refractivity contribution >= 4 is 6.29 Å². The SMILES string of the molecule is O=CC1CCCC2CCCC=C12. The van der Waals surface area contributed by atoms with E-state index in [-0.39, 0.29) is 5.92 Å². The molecule has 12 heavy (non-hydrogen) atoms. The largest absolute Gasteiger partial charge is 0.303 e. The summed E-state index contributed by atoms with van der Waals surface area (Å²) >= 11 is 0. The summed E-state index contributed by atoms with van der Waals surface area (Å²) < 4.78 is 0. The Labute approximate surface area is 73.8 Å². The summed E-state index contributed by atoms with van der Waals surface area (Å²) in [6, 6.07) is 0. The maximum atomic E-state index is 10.8. The third-order valence-corrected chi connectivity index (χ3v) is 3.27. The van der Waals surface area contributed by atoms with Crippen LogP contribution in [0.1, 0.15) is 38.5 Å². The summed E-state index contributed by atoms with van der Waals surface area (Å²) in [5.41, 5.74) is 1.47. The van der Waals surface area contributed by atoms with Gasteiger partial charge in [-0.15, -0.1) is 0 Å². The van der Waals surface area contributed by atoms with Crippen LogP contribution in [0, 0.1) is 11.8 Å². The zero-order valence-corrected chi connectivity index (χ0v) is 7.46. The van der Waals surface area contributed by atoms with Crippen LogP contribution in [0.25, 0.3) is 0 Å². The molecule has 2 aliphatic carbocycles. The molecule has 0 radical (unpaired) electrons. The minimum Gasteiger partial charge on any atom is -0.303 e. The van der Waals surface area contributed by atoms with Crippen molar-refractivity contribution in [2.75, 3.05) is 0 Å². The Bertz CT molecular complexity index is 205. The monoisotopic (exact) mass is 164 g/mol. The molecule has 2 aliphatic rings. The lowest BCUT2D eigenvalue weighted by Crippen LogP contribution is -2.22. The lowest BCUT2D eigenvalue weighted by Gasteiger charge is -2.32. The Balaban J connectivity index is 2.17. The molecular formula is C11H16O. The van der Waals surface area contributed by atoms with Crippen molar-refractivity contribution in [3.63, 3.8) is 0 Å². The highest BCUT2D eigenvalue weighted by molar-refractivity contribution is 5.59. The summed E-state index contributed by atoms with van der Waals surface area (Å²) in [4.78, 5) is 10.8. The quantitative estimate of drug-likeness (QED) is 0.430. The fourth-order valence-electron chi connectivity index (χ4n) is 2.63. The van der Waals surface area contributed by atoms with Gasteiger partial charge in [0, 0.05) is 5.92 Å². The van der Waals surface area contributed by atoms with Crippen LogP contribution < -0.4 is 0 Å². The zero-order valence-electron chi connectivity index (χ0n) is 7.46. The normalized spacial score (nSPS) is 35.2. The predicted molar refractivity (Wildman–Crippen MR) is 48.8 cm³/mol. The average Bonchev–Trinajstić information content (AvgIpc) is 2.17. The zero-order chi connectivity index (χ0) is 8.39. The molecule has 0 heterocycles. The summed E-state index contributed by atoms with van der Waals surface area (Å²) in [6.45, 7) is 0. The van der Waals surface area contributed by atoms with E-state index in [1.54, 1.807) is 0 Å². The van der Waals surface area contributed by atoms with Crippen LogP contribution in [-0.2, 0) is 4.79 Å². The van der Waals surface area contributed by atoms with Gasteiger partial charge in [0.05, 0.1) is 0 Å². The third-order valence-electron chi connectivity index (χ3n) is 3.27. The van der Waals surface area contributed by atoms with Gasteiger partial charge in [0.1, 0.15) is 6.29 Å². The molecule has 0 aromatic carbocycles. The van der Waals surface area contributed by atoms with E-state index in [4.69, 9.17) is 0 Å². The number of rotatable bonds is 1. The fourth-order valence-corrected chi connectivity index (χ4v) is 2.63. The molecule has 1 nitrogen and oxygen atoms in total. The highest BCUT2D eigenvalue weighted by Crippen LogP contribution is 2.39. The summed E-state index contributed by atoms with van der Waals surface area (Å²) in [6.07, 6.45) is 11.0. The van der Waals surface area contributed by atoms with Gasteiger partial charge < -0.3 is 4.79 Å². The van der Waals surface area contributed by atoms with E-state index in [9.17, 15) is 4.79 Å². The second-order valence-electron chi connectivity index (χ2n) is 4.01. The topological polar surface area (TPSA) is 17.1 Å². The first-order chi connectivity index (χ1) is 5.92. The van der Waals surface area contributed by atoms with Crippen molar-refractivity contribution in [1.82, 2.24) is 0 Å². The van der Waals surface area contributed by atoms with Crippen molar-refractivity contribution in [2.45, 2.75) is 38.5 Å². The molecule has 0 bridgehead atoms. The number of aldehydes is 1. The van der Waals surface area contributed by atoms with Gasteiger partial charge in [-0.05, 0) is 38.0 Å². The van der Waals surface area contributed by atoms with Gasteiger partial charge in [-0.25, -0.2) is 0 Å². The number of allylic oxidation sites excluding steroid dienone is 2. The van der Waals surface area contributed by atoms with Gasteiger partial charge >= 0.3 is 0 Å².